The predicted octanol–water partition coefficient (Wildman–Crippen LogP) is 3.92. The zero-order chi connectivity index (χ0) is 18.0. The van der Waals surface area contributed by atoms with Crippen molar-refractivity contribution in [2.24, 2.45) is 0 Å². The molecule has 0 saturated carbocycles. The molecule has 0 fully saturated rings. The van der Waals surface area contributed by atoms with Gasteiger partial charge in [0.05, 0.1) is 17.7 Å². The van der Waals surface area contributed by atoms with Crippen LogP contribution in [0.2, 0.25) is 0 Å². The molecule has 1 aromatic carbocycles. The van der Waals surface area contributed by atoms with Gasteiger partial charge in [0, 0.05) is 23.9 Å². The molecule has 1 aliphatic rings. The summed E-state index contributed by atoms with van der Waals surface area (Å²) >= 11 is 0. The lowest BCUT2D eigenvalue weighted by atomic mass is 10.0. The number of halogens is 3. The first-order chi connectivity index (χ1) is 11.9. The van der Waals surface area contributed by atoms with Crippen LogP contribution in [-0.2, 0) is 30.2 Å². The van der Waals surface area contributed by atoms with Crippen LogP contribution in [0.25, 0.3) is 5.70 Å². The van der Waals surface area contributed by atoms with E-state index in [0.717, 1.165) is 41.1 Å². The number of aryl methyl sites for hydroxylation is 1. The van der Waals surface area contributed by atoms with Crippen LogP contribution in [0.15, 0.2) is 42.6 Å². The quantitative estimate of drug-likeness (QED) is 0.912. The van der Waals surface area contributed by atoms with Gasteiger partial charge in [0.25, 0.3) is 0 Å². The van der Waals surface area contributed by atoms with Gasteiger partial charge < -0.3 is 5.32 Å². The molecule has 1 N–H and O–H groups in total. The lowest BCUT2D eigenvalue weighted by Crippen LogP contribution is -2.23. The molecule has 1 amide bonds. The molecule has 0 radical (unpaired) electrons. The maximum atomic E-state index is 12.6. The highest BCUT2D eigenvalue weighted by Crippen LogP contribution is 2.29. The lowest BCUT2D eigenvalue weighted by molar-refractivity contribution is -0.137. The molecule has 3 nitrogen and oxygen atoms in total. The minimum Gasteiger partial charge on any atom is -0.325 e. The number of alkyl halides is 3. The average molecular weight is 346 g/mol. The van der Waals surface area contributed by atoms with Gasteiger partial charge in [-0.2, -0.15) is 13.2 Å². The maximum absolute atomic E-state index is 12.6. The molecule has 3 rings (SSSR count). The highest BCUT2D eigenvalue weighted by atomic mass is 19.4. The number of hydrogen-bond acceptors (Lipinski definition) is 2. The number of carbonyl (C=O) groups excluding carboxylic acids is 1. The number of benzene rings is 1. The molecule has 0 unspecified atom stereocenters. The summed E-state index contributed by atoms with van der Waals surface area (Å²) in [7, 11) is 0. The summed E-state index contributed by atoms with van der Waals surface area (Å²) in [6.07, 6.45) is 0.825. The smallest absolute Gasteiger partial charge is 0.325 e. The molecule has 0 aliphatic heterocycles. The Kier molecular flexibility index (Phi) is 4.61. The first-order valence-corrected chi connectivity index (χ1v) is 8.01. The van der Waals surface area contributed by atoms with Gasteiger partial charge in [-0.25, -0.2) is 0 Å². The van der Waals surface area contributed by atoms with Crippen LogP contribution >= 0.6 is 0 Å². The lowest BCUT2D eigenvalue weighted by Gasteiger charge is -2.12. The van der Waals surface area contributed by atoms with Crippen LogP contribution in [0, 0.1) is 0 Å². The van der Waals surface area contributed by atoms with E-state index in [1.807, 2.05) is 19.1 Å². The van der Waals surface area contributed by atoms with Gasteiger partial charge in [-0.1, -0.05) is 25.1 Å². The van der Waals surface area contributed by atoms with Gasteiger partial charge in [0.2, 0.25) is 5.91 Å². The second-order valence-corrected chi connectivity index (χ2v) is 5.89. The first kappa shape index (κ1) is 17.2. The number of pyridine rings is 1. The third-order valence-corrected chi connectivity index (χ3v) is 4.19. The number of hydrogen-bond donors (Lipinski definition) is 1. The number of nitrogens with zero attached hydrogens (tertiary/aromatic N) is 1. The van der Waals surface area contributed by atoms with Crippen molar-refractivity contribution in [3.05, 3.63) is 70.6 Å². The van der Waals surface area contributed by atoms with Crippen molar-refractivity contribution in [2.45, 2.75) is 32.4 Å². The number of nitrogens with one attached hydrogen (secondary N) is 1. The van der Waals surface area contributed by atoms with Crippen molar-refractivity contribution in [1.82, 2.24) is 10.3 Å². The number of aromatic nitrogens is 1. The van der Waals surface area contributed by atoms with Crippen LogP contribution in [0.1, 0.15) is 34.9 Å². The number of fused-ring (bicyclic) bond motifs is 1. The fourth-order valence-electron chi connectivity index (χ4n) is 2.93. The standard InChI is InChI=1S/C19H17F3N2O/c1-2-13-9-10-23-15-7-8-16(18(13)15)24-17(25)11-12-3-5-14(6-4-12)19(20,21)22/h3-6,8-10H,2,7,11H2,1H3,(H,24,25). The van der Waals surface area contributed by atoms with Gasteiger partial charge in [0.15, 0.2) is 0 Å². The first-order valence-electron chi connectivity index (χ1n) is 8.01. The molecule has 0 spiro atoms. The van der Waals surface area contributed by atoms with E-state index in [1.165, 1.54) is 12.1 Å². The van der Waals surface area contributed by atoms with E-state index in [0.29, 0.717) is 12.0 Å². The van der Waals surface area contributed by atoms with Gasteiger partial charge in [-0.3, -0.25) is 9.78 Å². The fraction of sp³-hybridized carbons (Fsp3) is 0.263. The molecule has 0 atom stereocenters. The van der Waals surface area contributed by atoms with Crippen LogP contribution in [0.4, 0.5) is 13.2 Å². The summed E-state index contributed by atoms with van der Waals surface area (Å²) in [4.78, 5) is 16.6. The third kappa shape index (κ3) is 3.73. The van der Waals surface area contributed by atoms with Gasteiger partial charge in [-0.15, -0.1) is 0 Å². The Labute approximate surface area is 143 Å². The Morgan fingerprint density at radius 2 is 1.92 bits per heavy atom. The molecule has 6 heteroatoms. The molecule has 1 aromatic heterocycles. The van der Waals surface area contributed by atoms with E-state index in [-0.39, 0.29) is 12.3 Å². The van der Waals surface area contributed by atoms with Crippen LogP contribution in [0.3, 0.4) is 0 Å². The molecular weight excluding hydrogens is 329 g/mol. The summed E-state index contributed by atoms with van der Waals surface area (Å²) in [6, 6.07) is 6.58. The van der Waals surface area contributed by atoms with Gasteiger partial charge in [0.1, 0.15) is 0 Å². The van der Waals surface area contributed by atoms with Gasteiger partial charge >= 0.3 is 6.18 Å². The molecule has 130 valence electrons. The van der Waals surface area contributed by atoms with Crippen LogP contribution in [-0.4, -0.2) is 10.9 Å². The summed E-state index contributed by atoms with van der Waals surface area (Å²) < 4.78 is 37.7. The minimum atomic E-state index is -4.37. The fourth-order valence-corrected chi connectivity index (χ4v) is 2.93. The average Bonchev–Trinajstić information content (AvgIpc) is 2.97. The Morgan fingerprint density at radius 3 is 2.56 bits per heavy atom. The molecular formula is C19H17F3N2O. The SMILES string of the molecule is CCc1ccnc2c1C(NC(=O)Cc1ccc(C(F)(F)F)cc1)=CC2. The normalized spacial score (nSPS) is 13.4. The van der Waals surface area contributed by atoms with Crippen LogP contribution in [0.5, 0.6) is 0 Å². The van der Waals surface area contributed by atoms with Crippen molar-refractivity contribution in [1.29, 1.82) is 0 Å². The predicted molar refractivity (Wildman–Crippen MR) is 88.6 cm³/mol. The number of allylic oxidation sites excluding steroid dienone is 1. The Morgan fingerprint density at radius 1 is 1.20 bits per heavy atom. The summed E-state index contributed by atoms with van der Waals surface area (Å²) in [6.45, 7) is 2.04. The molecule has 0 saturated heterocycles. The Hall–Kier alpha value is -2.63. The zero-order valence-electron chi connectivity index (χ0n) is 13.7. The van der Waals surface area contributed by atoms with E-state index in [2.05, 4.69) is 10.3 Å². The number of rotatable bonds is 4. The summed E-state index contributed by atoms with van der Waals surface area (Å²) in [5.41, 5.74) is 3.56. The maximum Gasteiger partial charge on any atom is 0.416 e. The Balaban J connectivity index is 1.69. The van der Waals surface area contributed by atoms with Crippen molar-refractivity contribution >= 4 is 11.6 Å². The number of amides is 1. The van der Waals surface area contributed by atoms with E-state index in [4.69, 9.17) is 0 Å². The molecule has 1 heterocycles. The molecule has 0 bridgehead atoms. The van der Waals surface area contributed by atoms with Crippen molar-refractivity contribution in [2.75, 3.05) is 0 Å². The van der Waals surface area contributed by atoms with E-state index in [1.54, 1.807) is 6.20 Å². The van der Waals surface area contributed by atoms with E-state index in [9.17, 15) is 18.0 Å². The number of carbonyl (C=O) groups is 1. The summed E-state index contributed by atoms with van der Waals surface area (Å²) in [5, 5.41) is 2.86. The van der Waals surface area contributed by atoms with Crippen molar-refractivity contribution in [3.63, 3.8) is 0 Å². The van der Waals surface area contributed by atoms with Gasteiger partial charge in [-0.05, 0) is 35.7 Å². The third-order valence-electron chi connectivity index (χ3n) is 4.19. The van der Waals surface area contributed by atoms with E-state index >= 15 is 0 Å². The van der Waals surface area contributed by atoms with E-state index < -0.39 is 11.7 Å². The minimum absolute atomic E-state index is 0.0204. The second-order valence-electron chi connectivity index (χ2n) is 5.89. The molecule has 25 heavy (non-hydrogen) atoms. The highest BCUT2D eigenvalue weighted by molar-refractivity contribution is 5.90. The molecule has 2 aromatic rings. The Bertz CT molecular complexity index is 824. The van der Waals surface area contributed by atoms with Crippen molar-refractivity contribution in [3.8, 4) is 0 Å². The van der Waals surface area contributed by atoms with Crippen LogP contribution < -0.4 is 5.32 Å². The zero-order valence-corrected chi connectivity index (χ0v) is 13.7. The monoisotopic (exact) mass is 346 g/mol. The molecule has 1 aliphatic carbocycles. The summed E-state index contributed by atoms with van der Waals surface area (Å²) in [5.74, 6) is -0.259. The topological polar surface area (TPSA) is 42.0 Å². The second kappa shape index (κ2) is 6.70. The largest absolute Gasteiger partial charge is 0.416 e. The van der Waals surface area contributed by atoms with Crippen molar-refractivity contribution < 1.29 is 18.0 Å². The highest BCUT2D eigenvalue weighted by Gasteiger charge is 2.30.